The summed E-state index contributed by atoms with van der Waals surface area (Å²) in [7, 11) is 0. The largest absolute Gasteiger partial charge is 0.298 e. The summed E-state index contributed by atoms with van der Waals surface area (Å²) in [5.41, 5.74) is 2.50. The Labute approximate surface area is 91.2 Å². The lowest BCUT2D eigenvalue weighted by Crippen LogP contribution is -1.82. The molecule has 0 saturated heterocycles. The second-order valence-electron chi connectivity index (χ2n) is 3.32. The van der Waals surface area contributed by atoms with Crippen LogP contribution >= 0.6 is 11.3 Å². The maximum absolute atomic E-state index is 13.1. The van der Waals surface area contributed by atoms with Gasteiger partial charge < -0.3 is 0 Å². The molecule has 0 radical (unpaired) electrons. The van der Waals surface area contributed by atoms with E-state index in [1.807, 2.05) is 6.92 Å². The van der Waals surface area contributed by atoms with Crippen LogP contribution in [0.2, 0.25) is 0 Å². The molecule has 0 aliphatic rings. The van der Waals surface area contributed by atoms with Crippen molar-refractivity contribution < 1.29 is 9.18 Å². The van der Waals surface area contributed by atoms with Crippen LogP contribution in [0.1, 0.15) is 15.9 Å². The Bertz CT molecular complexity index is 502. The third-order valence-corrected chi connectivity index (χ3v) is 3.20. The first-order valence-electron chi connectivity index (χ1n) is 4.51. The van der Waals surface area contributed by atoms with Gasteiger partial charge in [0.15, 0.2) is 6.29 Å². The van der Waals surface area contributed by atoms with E-state index in [1.165, 1.54) is 23.5 Å². The number of halogens is 1. The van der Waals surface area contributed by atoms with Crippen LogP contribution in [0.15, 0.2) is 29.6 Å². The minimum absolute atomic E-state index is 0.253. The van der Waals surface area contributed by atoms with Gasteiger partial charge in [0.1, 0.15) is 5.82 Å². The smallest absolute Gasteiger partial charge is 0.150 e. The highest BCUT2D eigenvalue weighted by Gasteiger charge is 2.06. The van der Waals surface area contributed by atoms with Crippen LogP contribution < -0.4 is 0 Å². The fraction of sp³-hybridized carbons (Fsp3) is 0.0833. The molecule has 2 rings (SSSR count). The summed E-state index contributed by atoms with van der Waals surface area (Å²) >= 11 is 1.45. The van der Waals surface area contributed by atoms with Gasteiger partial charge in [-0.3, -0.25) is 4.79 Å². The van der Waals surface area contributed by atoms with Crippen molar-refractivity contribution in [1.29, 1.82) is 0 Å². The van der Waals surface area contributed by atoms with E-state index in [9.17, 15) is 9.18 Å². The standard InChI is InChI=1S/C12H9FOS/c1-8-2-3-10(13)5-11(8)12-4-9(6-14)7-15-12/h2-7H,1H3. The molecule has 0 bridgehead atoms. The van der Waals surface area contributed by atoms with Gasteiger partial charge in [0.25, 0.3) is 0 Å². The van der Waals surface area contributed by atoms with Crippen molar-refractivity contribution in [3.63, 3.8) is 0 Å². The van der Waals surface area contributed by atoms with Crippen molar-refractivity contribution in [1.82, 2.24) is 0 Å². The van der Waals surface area contributed by atoms with Crippen molar-refractivity contribution in [3.05, 3.63) is 46.6 Å². The maximum atomic E-state index is 13.1. The Hall–Kier alpha value is -1.48. The SMILES string of the molecule is Cc1ccc(F)cc1-c1cc(C=O)cs1. The zero-order valence-corrected chi connectivity index (χ0v) is 8.98. The lowest BCUT2D eigenvalue weighted by molar-refractivity contribution is 0.112. The highest BCUT2D eigenvalue weighted by atomic mass is 32.1. The fourth-order valence-corrected chi connectivity index (χ4v) is 2.35. The van der Waals surface area contributed by atoms with Gasteiger partial charge in [0.05, 0.1) is 0 Å². The molecule has 15 heavy (non-hydrogen) atoms. The highest BCUT2D eigenvalue weighted by molar-refractivity contribution is 7.13. The number of aldehydes is 1. The molecule has 0 unspecified atom stereocenters. The lowest BCUT2D eigenvalue weighted by Gasteiger charge is -2.02. The number of hydrogen-bond acceptors (Lipinski definition) is 2. The van der Waals surface area contributed by atoms with Crippen molar-refractivity contribution >= 4 is 17.6 Å². The molecule has 2 aromatic rings. The van der Waals surface area contributed by atoms with Gasteiger partial charge in [-0.2, -0.15) is 0 Å². The first-order chi connectivity index (χ1) is 7.20. The minimum atomic E-state index is -0.253. The summed E-state index contributed by atoms with van der Waals surface area (Å²) in [6.45, 7) is 1.93. The Balaban J connectivity index is 2.52. The number of carbonyl (C=O) groups excluding carboxylic acids is 1. The van der Waals surface area contributed by atoms with Gasteiger partial charge in [0.2, 0.25) is 0 Å². The van der Waals surface area contributed by atoms with Crippen molar-refractivity contribution in [3.8, 4) is 10.4 Å². The molecule has 0 spiro atoms. The molecule has 3 heteroatoms. The number of benzene rings is 1. The average Bonchev–Trinajstić information content (AvgIpc) is 2.70. The van der Waals surface area contributed by atoms with Crippen LogP contribution in [0.5, 0.6) is 0 Å². The predicted molar refractivity (Wildman–Crippen MR) is 59.8 cm³/mol. The zero-order valence-electron chi connectivity index (χ0n) is 8.16. The summed E-state index contributed by atoms with van der Waals surface area (Å²) in [5.74, 6) is -0.253. The van der Waals surface area contributed by atoms with E-state index in [-0.39, 0.29) is 5.82 Å². The Morgan fingerprint density at radius 1 is 1.33 bits per heavy atom. The summed E-state index contributed by atoms with van der Waals surface area (Å²) in [6.07, 6.45) is 0.800. The Morgan fingerprint density at radius 2 is 2.13 bits per heavy atom. The van der Waals surface area contributed by atoms with Crippen molar-refractivity contribution in [2.45, 2.75) is 6.92 Å². The lowest BCUT2D eigenvalue weighted by atomic mass is 10.1. The first kappa shape index (κ1) is 10.1. The molecule has 1 aromatic heterocycles. The quantitative estimate of drug-likeness (QED) is 0.706. The predicted octanol–water partition coefficient (Wildman–Crippen LogP) is 3.68. The number of thiophene rings is 1. The van der Waals surface area contributed by atoms with Gasteiger partial charge in [-0.25, -0.2) is 4.39 Å². The summed E-state index contributed by atoms with van der Waals surface area (Å²) in [5, 5.41) is 1.77. The van der Waals surface area contributed by atoms with Gasteiger partial charge in [-0.05, 0) is 36.2 Å². The Kier molecular flexibility index (Phi) is 2.64. The van der Waals surface area contributed by atoms with Gasteiger partial charge in [0, 0.05) is 15.8 Å². The van der Waals surface area contributed by atoms with Crippen LogP contribution in [0.3, 0.4) is 0 Å². The molecule has 0 N–H and O–H groups in total. The van der Waals surface area contributed by atoms with Gasteiger partial charge in [-0.15, -0.1) is 11.3 Å². The monoisotopic (exact) mass is 220 g/mol. The third-order valence-electron chi connectivity index (χ3n) is 2.22. The van der Waals surface area contributed by atoms with E-state index < -0.39 is 0 Å². The van der Waals surface area contributed by atoms with Crippen LogP contribution in [0.4, 0.5) is 4.39 Å². The van der Waals surface area contributed by atoms with Crippen molar-refractivity contribution in [2.24, 2.45) is 0 Å². The van der Waals surface area contributed by atoms with E-state index in [0.717, 1.165) is 22.3 Å². The van der Waals surface area contributed by atoms with Crippen molar-refractivity contribution in [2.75, 3.05) is 0 Å². The van der Waals surface area contributed by atoms with E-state index in [0.29, 0.717) is 5.56 Å². The molecule has 0 fully saturated rings. The topological polar surface area (TPSA) is 17.1 Å². The molecule has 0 aliphatic carbocycles. The average molecular weight is 220 g/mol. The highest BCUT2D eigenvalue weighted by Crippen LogP contribution is 2.29. The molecule has 0 aliphatic heterocycles. The molecule has 76 valence electrons. The van der Waals surface area contributed by atoms with Crippen LogP contribution in [-0.4, -0.2) is 6.29 Å². The second-order valence-corrected chi connectivity index (χ2v) is 4.23. The second kappa shape index (κ2) is 3.95. The zero-order chi connectivity index (χ0) is 10.8. The van der Waals surface area contributed by atoms with E-state index >= 15 is 0 Å². The summed E-state index contributed by atoms with van der Waals surface area (Å²) in [6, 6.07) is 6.45. The van der Waals surface area contributed by atoms with E-state index in [2.05, 4.69) is 0 Å². The third kappa shape index (κ3) is 1.97. The molecule has 1 nitrogen and oxygen atoms in total. The minimum Gasteiger partial charge on any atom is -0.298 e. The molecule has 1 aromatic carbocycles. The van der Waals surface area contributed by atoms with E-state index in [1.54, 1.807) is 17.5 Å². The first-order valence-corrected chi connectivity index (χ1v) is 5.39. The number of carbonyl (C=O) groups is 1. The summed E-state index contributed by atoms with van der Waals surface area (Å²) < 4.78 is 13.1. The molecule has 0 amide bonds. The number of rotatable bonds is 2. The number of aryl methyl sites for hydroxylation is 1. The van der Waals surface area contributed by atoms with Crippen LogP contribution in [-0.2, 0) is 0 Å². The van der Waals surface area contributed by atoms with E-state index in [4.69, 9.17) is 0 Å². The normalized spacial score (nSPS) is 10.3. The van der Waals surface area contributed by atoms with Gasteiger partial charge >= 0.3 is 0 Å². The number of hydrogen-bond donors (Lipinski definition) is 0. The summed E-state index contributed by atoms with van der Waals surface area (Å²) in [4.78, 5) is 11.5. The molecule has 0 saturated carbocycles. The van der Waals surface area contributed by atoms with Gasteiger partial charge in [-0.1, -0.05) is 6.07 Å². The molecule has 0 atom stereocenters. The maximum Gasteiger partial charge on any atom is 0.150 e. The van der Waals surface area contributed by atoms with Crippen LogP contribution in [0, 0.1) is 12.7 Å². The van der Waals surface area contributed by atoms with Crippen LogP contribution in [0.25, 0.3) is 10.4 Å². The Morgan fingerprint density at radius 3 is 2.80 bits per heavy atom. The molecule has 1 heterocycles. The fourth-order valence-electron chi connectivity index (χ4n) is 1.41. The molecular weight excluding hydrogens is 211 g/mol. The molecular formula is C12H9FOS.